The number of piperidine rings is 1. The van der Waals surface area contributed by atoms with Crippen molar-refractivity contribution in [2.45, 2.75) is 52.1 Å². The van der Waals surface area contributed by atoms with Gasteiger partial charge in [-0.25, -0.2) is 9.67 Å². The predicted molar refractivity (Wildman–Crippen MR) is 92.8 cm³/mol. The number of aromatic nitrogens is 6. The molecule has 0 saturated carbocycles. The molecule has 0 bridgehead atoms. The highest BCUT2D eigenvalue weighted by molar-refractivity contribution is 5.77. The van der Waals surface area contributed by atoms with E-state index >= 15 is 0 Å². The summed E-state index contributed by atoms with van der Waals surface area (Å²) in [5.74, 6) is 2.48. The van der Waals surface area contributed by atoms with Gasteiger partial charge in [-0.3, -0.25) is 4.79 Å². The molecule has 2 aromatic heterocycles. The van der Waals surface area contributed by atoms with E-state index < -0.39 is 0 Å². The Kier molecular flexibility index (Phi) is 5.57. The lowest BCUT2D eigenvalue weighted by molar-refractivity contribution is -0.131. The first-order valence-corrected chi connectivity index (χ1v) is 8.86. The van der Waals surface area contributed by atoms with Crippen molar-refractivity contribution in [3.8, 4) is 0 Å². The molecule has 1 amide bonds. The minimum atomic E-state index is 0.209. The Balaban J connectivity index is 1.65. The molecule has 0 atom stereocenters. The Labute approximate surface area is 147 Å². The van der Waals surface area contributed by atoms with Gasteiger partial charge in [-0.15, -0.1) is 10.2 Å². The Morgan fingerprint density at radius 2 is 2.12 bits per heavy atom. The van der Waals surface area contributed by atoms with E-state index in [-0.39, 0.29) is 5.91 Å². The Morgan fingerprint density at radius 3 is 2.76 bits per heavy atom. The van der Waals surface area contributed by atoms with Gasteiger partial charge in [0.15, 0.2) is 5.82 Å². The number of hydrogen-bond acceptors (Lipinski definition) is 5. The normalized spacial score (nSPS) is 16.0. The number of carbonyl (C=O) groups excluding carboxylic acids is 1. The molecule has 134 valence electrons. The van der Waals surface area contributed by atoms with E-state index in [1.165, 1.54) is 6.33 Å². The Hall–Kier alpha value is -2.51. The van der Waals surface area contributed by atoms with Crippen molar-refractivity contribution in [3.05, 3.63) is 36.5 Å². The first kappa shape index (κ1) is 17.3. The lowest BCUT2D eigenvalue weighted by Crippen LogP contribution is -2.38. The van der Waals surface area contributed by atoms with Crippen LogP contribution in [-0.2, 0) is 17.9 Å². The lowest BCUT2D eigenvalue weighted by Gasteiger charge is -2.31. The first-order chi connectivity index (χ1) is 12.2. The molecule has 8 heteroatoms. The van der Waals surface area contributed by atoms with Crippen molar-refractivity contribution < 1.29 is 4.79 Å². The molecule has 0 aromatic carbocycles. The molecule has 0 spiro atoms. The van der Waals surface area contributed by atoms with Crippen LogP contribution in [0.15, 0.2) is 24.8 Å². The third kappa shape index (κ3) is 3.94. The number of rotatable bonds is 6. The molecule has 8 nitrogen and oxygen atoms in total. The quantitative estimate of drug-likeness (QED) is 0.744. The van der Waals surface area contributed by atoms with Crippen molar-refractivity contribution in [3.63, 3.8) is 0 Å². The predicted octanol–water partition coefficient (Wildman–Crippen LogP) is 1.61. The first-order valence-electron chi connectivity index (χ1n) is 8.86. The molecule has 25 heavy (non-hydrogen) atoms. The van der Waals surface area contributed by atoms with Gasteiger partial charge in [-0.1, -0.05) is 12.2 Å². The SMILES string of the molecule is CC=CCC(=O)N1CCC(c2nnc(Cn3cncn3)n2CC)CC1. The van der Waals surface area contributed by atoms with Crippen LogP contribution in [-0.4, -0.2) is 53.4 Å². The summed E-state index contributed by atoms with van der Waals surface area (Å²) in [6, 6.07) is 0. The standard InChI is InChI=1S/C17H25N7O/c1-3-5-6-16(25)22-9-7-14(8-10-22)17-21-20-15(24(17)4-2)11-23-13-18-12-19-23/h3,5,12-14H,4,6-11H2,1-2H3. The highest BCUT2D eigenvalue weighted by Gasteiger charge is 2.27. The van der Waals surface area contributed by atoms with Crippen molar-refractivity contribution in [2.75, 3.05) is 13.1 Å². The summed E-state index contributed by atoms with van der Waals surface area (Å²) in [5.41, 5.74) is 0. The highest BCUT2D eigenvalue weighted by Crippen LogP contribution is 2.27. The van der Waals surface area contributed by atoms with Crippen molar-refractivity contribution in [1.82, 2.24) is 34.4 Å². The topological polar surface area (TPSA) is 81.7 Å². The lowest BCUT2D eigenvalue weighted by atomic mass is 9.95. The van der Waals surface area contributed by atoms with Crippen LogP contribution in [0.2, 0.25) is 0 Å². The van der Waals surface area contributed by atoms with Crippen LogP contribution in [0, 0.1) is 0 Å². The number of allylic oxidation sites excluding steroid dienone is 1. The summed E-state index contributed by atoms with van der Waals surface area (Å²) < 4.78 is 3.92. The zero-order valence-electron chi connectivity index (χ0n) is 14.9. The maximum atomic E-state index is 12.1. The maximum Gasteiger partial charge on any atom is 0.226 e. The molecule has 1 fully saturated rings. The van der Waals surface area contributed by atoms with Gasteiger partial charge in [0.1, 0.15) is 25.0 Å². The van der Waals surface area contributed by atoms with Gasteiger partial charge >= 0.3 is 0 Å². The number of likely N-dealkylation sites (tertiary alicyclic amines) is 1. The summed E-state index contributed by atoms with van der Waals surface area (Å²) in [6.07, 6.45) is 9.40. The van der Waals surface area contributed by atoms with Crippen LogP contribution in [0.5, 0.6) is 0 Å². The number of carbonyl (C=O) groups is 1. The van der Waals surface area contributed by atoms with Crippen molar-refractivity contribution >= 4 is 5.91 Å². The minimum Gasteiger partial charge on any atom is -0.342 e. The Morgan fingerprint density at radius 1 is 1.32 bits per heavy atom. The molecule has 2 aromatic rings. The molecular weight excluding hydrogens is 318 g/mol. The molecule has 3 rings (SSSR count). The molecule has 1 aliphatic heterocycles. The highest BCUT2D eigenvalue weighted by atomic mass is 16.2. The van der Waals surface area contributed by atoms with E-state index in [4.69, 9.17) is 0 Å². The number of hydrogen-bond donors (Lipinski definition) is 0. The summed E-state index contributed by atoms with van der Waals surface area (Å²) in [7, 11) is 0. The van der Waals surface area contributed by atoms with E-state index in [0.29, 0.717) is 18.9 Å². The van der Waals surface area contributed by atoms with E-state index in [1.54, 1.807) is 11.0 Å². The molecule has 0 N–H and O–H groups in total. The van der Waals surface area contributed by atoms with Crippen LogP contribution in [0.4, 0.5) is 0 Å². The van der Waals surface area contributed by atoms with Gasteiger partial charge in [0.05, 0.1) is 0 Å². The maximum absolute atomic E-state index is 12.1. The van der Waals surface area contributed by atoms with E-state index in [1.807, 2.05) is 24.0 Å². The minimum absolute atomic E-state index is 0.209. The second-order valence-electron chi connectivity index (χ2n) is 6.24. The summed E-state index contributed by atoms with van der Waals surface area (Å²) in [5, 5.41) is 13.0. The fourth-order valence-corrected chi connectivity index (χ4v) is 3.31. The largest absolute Gasteiger partial charge is 0.342 e. The molecule has 0 radical (unpaired) electrons. The van der Waals surface area contributed by atoms with Crippen LogP contribution in [0.25, 0.3) is 0 Å². The van der Waals surface area contributed by atoms with Crippen LogP contribution >= 0.6 is 0 Å². The molecule has 0 unspecified atom stereocenters. The van der Waals surface area contributed by atoms with E-state index in [0.717, 1.165) is 44.1 Å². The summed E-state index contributed by atoms with van der Waals surface area (Å²) >= 11 is 0. The monoisotopic (exact) mass is 343 g/mol. The fourth-order valence-electron chi connectivity index (χ4n) is 3.31. The molecule has 1 saturated heterocycles. The second-order valence-corrected chi connectivity index (χ2v) is 6.24. The van der Waals surface area contributed by atoms with E-state index in [2.05, 4.69) is 31.8 Å². The molecule has 1 aliphatic rings. The Bertz CT molecular complexity index is 711. The van der Waals surface area contributed by atoms with Gasteiger partial charge in [-0.2, -0.15) is 5.10 Å². The van der Waals surface area contributed by atoms with Gasteiger partial charge in [-0.05, 0) is 26.7 Å². The van der Waals surface area contributed by atoms with Crippen LogP contribution in [0.1, 0.15) is 50.7 Å². The molecule has 3 heterocycles. The molecule has 0 aliphatic carbocycles. The van der Waals surface area contributed by atoms with Gasteiger partial charge in [0, 0.05) is 32.0 Å². The van der Waals surface area contributed by atoms with E-state index in [9.17, 15) is 4.79 Å². The second kappa shape index (κ2) is 8.04. The van der Waals surface area contributed by atoms with Crippen LogP contribution in [0.3, 0.4) is 0 Å². The summed E-state index contributed by atoms with van der Waals surface area (Å²) in [6.45, 7) is 7.02. The number of amides is 1. The average molecular weight is 343 g/mol. The zero-order chi connectivity index (χ0) is 17.6. The van der Waals surface area contributed by atoms with Crippen molar-refractivity contribution in [2.24, 2.45) is 0 Å². The van der Waals surface area contributed by atoms with Gasteiger partial charge in [0.2, 0.25) is 5.91 Å². The fraction of sp³-hybridized carbons (Fsp3) is 0.588. The van der Waals surface area contributed by atoms with Gasteiger partial charge < -0.3 is 9.47 Å². The number of nitrogens with zero attached hydrogens (tertiary/aromatic N) is 7. The molecular formula is C17H25N7O. The zero-order valence-corrected chi connectivity index (χ0v) is 14.9. The third-order valence-electron chi connectivity index (χ3n) is 4.68. The summed E-state index contributed by atoms with van der Waals surface area (Å²) in [4.78, 5) is 18.1. The average Bonchev–Trinajstić information content (AvgIpc) is 3.29. The van der Waals surface area contributed by atoms with Crippen molar-refractivity contribution in [1.29, 1.82) is 0 Å². The van der Waals surface area contributed by atoms with Gasteiger partial charge in [0.25, 0.3) is 0 Å². The smallest absolute Gasteiger partial charge is 0.226 e. The third-order valence-corrected chi connectivity index (χ3v) is 4.68. The van der Waals surface area contributed by atoms with Crippen LogP contribution < -0.4 is 0 Å².